The molecule has 0 radical (unpaired) electrons. The van der Waals surface area contributed by atoms with Gasteiger partial charge in [-0.05, 0) is 30.9 Å². The first-order chi connectivity index (χ1) is 12.7. The van der Waals surface area contributed by atoms with Crippen LogP contribution in [0.3, 0.4) is 0 Å². The molecule has 0 spiro atoms. The van der Waals surface area contributed by atoms with E-state index in [9.17, 15) is 9.59 Å². The molecule has 2 aliphatic heterocycles. The zero-order valence-electron chi connectivity index (χ0n) is 15.0. The number of benzene rings is 1. The van der Waals surface area contributed by atoms with Crippen molar-refractivity contribution >= 4 is 17.5 Å². The van der Waals surface area contributed by atoms with Crippen LogP contribution in [0.25, 0.3) is 0 Å². The van der Waals surface area contributed by atoms with E-state index < -0.39 is 0 Å². The van der Waals surface area contributed by atoms with Crippen molar-refractivity contribution in [3.63, 3.8) is 0 Å². The lowest BCUT2D eigenvalue weighted by Gasteiger charge is -2.21. The molecule has 1 saturated carbocycles. The van der Waals surface area contributed by atoms with Crippen LogP contribution in [0, 0.1) is 11.8 Å². The number of ether oxygens (including phenoxy) is 2. The van der Waals surface area contributed by atoms with Crippen molar-refractivity contribution < 1.29 is 19.1 Å². The lowest BCUT2D eigenvalue weighted by atomic mass is 9.87. The van der Waals surface area contributed by atoms with Crippen LogP contribution in [0.5, 0.6) is 11.5 Å². The molecule has 3 aliphatic rings. The number of nitrogens with one attached hydrogen (secondary N) is 1. The van der Waals surface area contributed by atoms with Gasteiger partial charge in [0.2, 0.25) is 18.6 Å². The van der Waals surface area contributed by atoms with Crippen LogP contribution in [-0.4, -0.2) is 31.7 Å². The molecule has 6 nitrogen and oxygen atoms in total. The molecule has 6 heteroatoms. The molecule has 1 aromatic rings. The van der Waals surface area contributed by atoms with Crippen LogP contribution in [-0.2, 0) is 9.59 Å². The summed E-state index contributed by atoms with van der Waals surface area (Å²) in [5, 5.41) is 3.04. The molecule has 140 valence electrons. The first-order valence-corrected chi connectivity index (χ1v) is 9.66. The second-order valence-electron chi connectivity index (χ2n) is 7.62. The van der Waals surface area contributed by atoms with E-state index in [2.05, 4.69) is 5.32 Å². The fourth-order valence-electron chi connectivity index (χ4n) is 4.20. The maximum absolute atomic E-state index is 12.4. The van der Waals surface area contributed by atoms with Crippen molar-refractivity contribution in [2.24, 2.45) is 11.8 Å². The zero-order chi connectivity index (χ0) is 17.9. The minimum atomic E-state index is 0.0930. The number of hydrogen-bond acceptors (Lipinski definition) is 4. The SMILES string of the molecule is O=C(CC1CCCCC1)NC[C@@H]1CC(=O)N(c2ccc3c(c2)OCO3)C1. The second-order valence-corrected chi connectivity index (χ2v) is 7.62. The standard InChI is InChI=1S/C20H26N2O4/c23-19(8-14-4-2-1-3-5-14)21-11-15-9-20(24)22(12-15)16-6-7-17-18(10-16)26-13-25-17/h6-7,10,14-15H,1-5,8-9,11-13H2,(H,21,23)/t15-/m0/s1. The molecule has 4 rings (SSSR count). The monoisotopic (exact) mass is 358 g/mol. The molecule has 1 N–H and O–H groups in total. The summed E-state index contributed by atoms with van der Waals surface area (Å²) in [5.41, 5.74) is 0.829. The van der Waals surface area contributed by atoms with Crippen LogP contribution in [0.2, 0.25) is 0 Å². The average Bonchev–Trinajstić information content (AvgIpc) is 3.26. The minimum Gasteiger partial charge on any atom is -0.454 e. The fraction of sp³-hybridized carbons (Fsp3) is 0.600. The smallest absolute Gasteiger partial charge is 0.231 e. The van der Waals surface area contributed by atoms with Gasteiger partial charge in [0.25, 0.3) is 0 Å². The number of hydrogen-bond donors (Lipinski definition) is 1. The van der Waals surface area contributed by atoms with E-state index in [1.165, 1.54) is 32.1 Å². The largest absolute Gasteiger partial charge is 0.454 e. The number of fused-ring (bicyclic) bond motifs is 1. The van der Waals surface area contributed by atoms with Gasteiger partial charge in [-0.15, -0.1) is 0 Å². The summed E-state index contributed by atoms with van der Waals surface area (Å²) >= 11 is 0. The Labute approximate surface area is 153 Å². The first-order valence-electron chi connectivity index (χ1n) is 9.66. The highest BCUT2D eigenvalue weighted by atomic mass is 16.7. The highest BCUT2D eigenvalue weighted by Gasteiger charge is 2.31. The van der Waals surface area contributed by atoms with Gasteiger partial charge in [0.05, 0.1) is 0 Å². The summed E-state index contributed by atoms with van der Waals surface area (Å²) in [6.45, 7) is 1.42. The van der Waals surface area contributed by atoms with E-state index >= 15 is 0 Å². The maximum atomic E-state index is 12.4. The predicted octanol–water partition coefficient (Wildman–Crippen LogP) is 2.85. The average molecular weight is 358 g/mol. The van der Waals surface area contributed by atoms with Gasteiger partial charge in [-0.1, -0.05) is 19.3 Å². The van der Waals surface area contributed by atoms with Crippen LogP contribution in [0.1, 0.15) is 44.9 Å². The molecular formula is C20H26N2O4. The molecule has 1 aromatic carbocycles. The summed E-state index contributed by atoms with van der Waals surface area (Å²) in [4.78, 5) is 26.4. The molecule has 0 bridgehead atoms. The van der Waals surface area contributed by atoms with Gasteiger partial charge in [0.1, 0.15) is 0 Å². The molecule has 2 heterocycles. The van der Waals surface area contributed by atoms with Gasteiger partial charge in [-0.25, -0.2) is 0 Å². The van der Waals surface area contributed by atoms with Crippen molar-refractivity contribution in [2.45, 2.75) is 44.9 Å². The molecular weight excluding hydrogens is 332 g/mol. The first kappa shape index (κ1) is 17.2. The van der Waals surface area contributed by atoms with E-state index in [-0.39, 0.29) is 24.5 Å². The van der Waals surface area contributed by atoms with Gasteiger partial charge in [0.15, 0.2) is 11.5 Å². The van der Waals surface area contributed by atoms with E-state index in [1.54, 1.807) is 4.90 Å². The number of nitrogens with zero attached hydrogens (tertiary/aromatic N) is 1. The van der Waals surface area contributed by atoms with Crippen molar-refractivity contribution in [2.75, 3.05) is 24.8 Å². The number of rotatable bonds is 5. The molecule has 0 aromatic heterocycles. The zero-order valence-corrected chi connectivity index (χ0v) is 15.0. The second kappa shape index (κ2) is 7.56. The third kappa shape index (κ3) is 3.79. The summed E-state index contributed by atoms with van der Waals surface area (Å²) in [6, 6.07) is 5.57. The number of anilines is 1. The van der Waals surface area contributed by atoms with E-state index in [0.29, 0.717) is 43.3 Å². The van der Waals surface area contributed by atoms with E-state index in [0.717, 1.165) is 5.69 Å². The lowest BCUT2D eigenvalue weighted by molar-refractivity contribution is -0.122. The quantitative estimate of drug-likeness (QED) is 0.879. The normalized spacial score (nSPS) is 22.7. The Morgan fingerprint density at radius 3 is 2.77 bits per heavy atom. The Kier molecular flexibility index (Phi) is 5.00. The van der Waals surface area contributed by atoms with Gasteiger partial charge in [0, 0.05) is 43.6 Å². The Balaban J connectivity index is 1.28. The van der Waals surface area contributed by atoms with E-state index in [4.69, 9.17) is 9.47 Å². The fourth-order valence-corrected chi connectivity index (χ4v) is 4.20. The molecule has 0 unspecified atom stereocenters. The third-order valence-electron chi connectivity index (χ3n) is 5.66. The van der Waals surface area contributed by atoms with Gasteiger partial charge >= 0.3 is 0 Å². The molecule has 2 amide bonds. The molecule has 1 atom stereocenters. The van der Waals surface area contributed by atoms with Gasteiger partial charge in [-0.3, -0.25) is 9.59 Å². The molecule has 1 aliphatic carbocycles. The van der Waals surface area contributed by atoms with Crippen LogP contribution < -0.4 is 19.7 Å². The highest BCUT2D eigenvalue weighted by Crippen LogP contribution is 2.37. The van der Waals surface area contributed by atoms with Crippen molar-refractivity contribution in [3.8, 4) is 11.5 Å². The summed E-state index contributed by atoms with van der Waals surface area (Å²) in [5.74, 6) is 2.31. The number of carbonyl (C=O) groups is 2. The number of amides is 2. The molecule has 26 heavy (non-hydrogen) atoms. The maximum Gasteiger partial charge on any atom is 0.231 e. The third-order valence-corrected chi connectivity index (χ3v) is 5.66. The number of carbonyl (C=O) groups excluding carboxylic acids is 2. The summed E-state index contributed by atoms with van der Waals surface area (Å²) < 4.78 is 10.7. The van der Waals surface area contributed by atoms with E-state index in [1.807, 2.05) is 18.2 Å². The Bertz CT molecular complexity index is 684. The predicted molar refractivity (Wildman–Crippen MR) is 97.2 cm³/mol. The van der Waals surface area contributed by atoms with Gasteiger partial charge < -0.3 is 19.7 Å². The Hall–Kier alpha value is -2.24. The van der Waals surface area contributed by atoms with Gasteiger partial charge in [-0.2, -0.15) is 0 Å². The Morgan fingerprint density at radius 2 is 1.92 bits per heavy atom. The Morgan fingerprint density at radius 1 is 1.12 bits per heavy atom. The topological polar surface area (TPSA) is 67.9 Å². The van der Waals surface area contributed by atoms with Crippen molar-refractivity contribution in [1.29, 1.82) is 0 Å². The lowest BCUT2D eigenvalue weighted by Crippen LogP contribution is -2.32. The van der Waals surface area contributed by atoms with Crippen molar-refractivity contribution in [3.05, 3.63) is 18.2 Å². The van der Waals surface area contributed by atoms with Crippen molar-refractivity contribution in [1.82, 2.24) is 5.32 Å². The minimum absolute atomic E-state index is 0.0930. The van der Waals surface area contributed by atoms with Crippen LogP contribution in [0.4, 0.5) is 5.69 Å². The molecule has 2 fully saturated rings. The highest BCUT2D eigenvalue weighted by molar-refractivity contribution is 5.96. The van der Waals surface area contributed by atoms with Crippen LogP contribution in [0.15, 0.2) is 18.2 Å². The summed E-state index contributed by atoms with van der Waals surface area (Å²) in [6.07, 6.45) is 7.25. The van der Waals surface area contributed by atoms with Crippen LogP contribution >= 0.6 is 0 Å². The summed E-state index contributed by atoms with van der Waals surface area (Å²) in [7, 11) is 0. The molecule has 1 saturated heterocycles.